The van der Waals surface area contributed by atoms with Crippen LogP contribution in [0.15, 0.2) is 0 Å². The second-order valence-corrected chi connectivity index (χ2v) is 4.24. The Balaban J connectivity index is 0.000000791. The van der Waals surface area contributed by atoms with E-state index in [1.807, 2.05) is 0 Å². The average Bonchev–Trinajstić information content (AvgIpc) is 2.22. The van der Waals surface area contributed by atoms with E-state index in [2.05, 4.69) is 28.3 Å². The summed E-state index contributed by atoms with van der Waals surface area (Å²) in [5.41, 5.74) is 0. The fourth-order valence-electron chi connectivity index (χ4n) is 2.12. The summed E-state index contributed by atoms with van der Waals surface area (Å²) >= 11 is 5.50. The van der Waals surface area contributed by atoms with E-state index in [1.165, 1.54) is 77.0 Å². The van der Waals surface area contributed by atoms with E-state index in [-0.39, 0.29) is 0 Å². The van der Waals surface area contributed by atoms with E-state index < -0.39 is 0 Å². The Hall–Kier alpha value is 0.960. The Morgan fingerprint density at radius 2 is 0.357 bits per heavy atom. The monoisotopic (exact) mass is 326 g/mol. The summed E-state index contributed by atoms with van der Waals surface area (Å²) in [6.45, 7) is 0. The Kier molecular flexibility index (Phi) is 14.9. The predicted molar refractivity (Wildman–Crippen MR) is 73.3 cm³/mol. The summed E-state index contributed by atoms with van der Waals surface area (Å²) in [5.74, 6) is 0. The van der Waals surface area contributed by atoms with Gasteiger partial charge in [0.05, 0.1) is 0 Å². The summed E-state index contributed by atoms with van der Waals surface area (Å²) in [6.07, 6.45) is 18.0. The molecule has 1 rings (SSSR count). The second kappa shape index (κ2) is 14.0. The van der Waals surface area contributed by atoms with Gasteiger partial charge in [0.15, 0.2) is 0 Å². The molecule has 0 atom stereocenters. The normalized spacial score (nSPS) is 21.0. The van der Waals surface area contributed by atoms with Gasteiger partial charge in [0.2, 0.25) is 0 Å². The molecule has 0 amide bonds. The van der Waals surface area contributed by atoms with E-state index in [4.69, 9.17) is 0 Å². The van der Waals surface area contributed by atoms with Gasteiger partial charge in [-0.25, -0.2) is 0 Å². The first-order chi connectivity index (χ1) is 7.00. The SMILES string of the molecule is BrBr.C1CCCCCCCCCCC1. The topological polar surface area (TPSA) is 0 Å². The zero-order valence-corrected chi connectivity index (χ0v) is 12.4. The highest BCUT2D eigenvalue weighted by Gasteiger charge is 1.96. The van der Waals surface area contributed by atoms with E-state index in [1.54, 1.807) is 0 Å². The van der Waals surface area contributed by atoms with Crippen molar-refractivity contribution in [2.24, 2.45) is 0 Å². The molecule has 1 aliphatic rings. The van der Waals surface area contributed by atoms with Crippen LogP contribution >= 0.6 is 28.3 Å². The first-order valence-corrected chi connectivity index (χ1v) is 9.86. The zero-order chi connectivity index (χ0) is 10.5. The molecule has 0 N–H and O–H groups in total. The average molecular weight is 328 g/mol. The lowest BCUT2D eigenvalue weighted by molar-refractivity contribution is 0.504. The van der Waals surface area contributed by atoms with Crippen LogP contribution in [0.3, 0.4) is 0 Å². The van der Waals surface area contributed by atoms with Crippen LogP contribution in [0.25, 0.3) is 0 Å². The van der Waals surface area contributed by atoms with E-state index >= 15 is 0 Å². The molecule has 0 saturated heterocycles. The van der Waals surface area contributed by atoms with Crippen molar-refractivity contribution >= 4 is 28.3 Å². The molecule has 0 spiro atoms. The molecular formula is C12H24Br2. The lowest BCUT2D eigenvalue weighted by Crippen LogP contribution is -1.85. The van der Waals surface area contributed by atoms with Gasteiger partial charge in [-0.1, -0.05) is 77.0 Å². The third-order valence-corrected chi connectivity index (χ3v) is 3.00. The lowest BCUT2D eigenvalue weighted by Gasteiger charge is -2.05. The molecule has 0 aliphatic heterocycles. The maximum Gasteiger partial charge on any atom is 0 e. The minimum absolute atomic E-state index is 1.50. The van der Waals surface area contributed by atoms with Gasteiger partial charge in [-0.3, -0.25) is 0 Å². The molecule has 1 aliphatic carbocycles. The van der Waals surface area contributed by atoms with Crippen LogP contribution < -0.4 is 0 Å². The van der Waals surface area contributed by atoms with Crippen molar-refractivity contribution in [1.82, 2.24) is 0 Å². The third-order valence-electron chi connectivity index (χ3n) is 3.00. The minimum atomic E-state index is 1.50. The maximum absolute atomic E-state index is 2.75. The zero-order valence-electron chi connectivity index (χ0n) is 9.24. The molecular weight excluding hydrogens is 304 g/mol. The van der Waals surface area contributed by atoms with Gasteiger partial charge in [0.25, 0.3) is 0 Å². The van der Waals surface area contributed by atoms with Crippen LogP contribution in [-0.2, 0) is 0 Å². The highest BCUT2D eigenvalue weighted by molar-refractivity contribution is 9.93. The Morgan fingerprint density at radius 3 is 0.429 bits per heavy atom. The highest BCUT2D eigenvalue weighted by atomic mass is 80.9. The van der Waals surface area contributed by atoms with Crippen molar-refractivity contribution in [3.63, 3.8) is 0 Å². The standard InChI is InChI=1S/C12H24.Br2/c1-2-4-6-8-10-12-11-9-7-5-3-1;1-2/h1-12H2;. The number of hydrogen-bond acceptors (Lipinski definition) is 0. The van der Waals surface area contributed by atoms with Gasteiger partial charge in [-0.05, 0) is 0 Å². The highest BCUT2D eigenvalue weighted by Crippen LogP contribution is 2.15. The first kappa shape index (κ1) is 15.0. The summed E-state index contributed by atoms with van der Waals surface area (Å²) < 4.78 is 0. The maximum atomic E-state index is 2.75. The van der Waals surface area contributed by atoms with Gasteiger partial charge in [-0.15, -0.1) is 0 Å². The second-order valence-electron chi connectivity index (χ2n) is 4.24. The molecule has 2 heteroatoms. The number of hydrogen-bond donors (Lipinski definition) is 0. The van der Waals surface area contributed by atoms with Crippen LogP contribution in [0, 0.1) is 0 Å². The third kappa shape index (κ3) is 11.0. The fourth-order valence-corrected chi connectivity index (χ4v) is 2.12. The summed E-state index contributed by atoms with van der Waals surface area (Å²) in [5, 5.41) is 0. The van der Waals surface area contributed by atoms with Crippen molar-refractivity contribution in [1.29, 1.82) is 0 Å². The van der Waals surface area contributed by atoms with Gasteiger partial charge < -0.3 is 0 Å². The predicted octanol–water partition coefficient (Wildman–Crippen LogP) is 6.37. The molecule has 0 aromatic carbocycles. The van der Waals surface area contributed by atoms with Crippen molar-refractivity contribution in [3.8, 4) is 0 Å². The Bertz CT molecular complexity index is 51.3. The van der Waals surface area contributed by atoms with E-state index in [9.17, 15) is 0 Å². The molecule has 14 heavy (non-hydrogen) atoms. The smallest absolute Gasteiger partial charge is 0 e. The molecule has 0 radical (unpaired) electrons. The lowest BCUT2D eigenvalue weighted by atomic mass is 10.0. The van der Waals surface area contributed by atoms with Crippen LogP contribution in [0.5, 0.6) is 0 Å². The molecule has 0 unspecified atom stereocenters. The van der Waals surface area contributed by atoms with E-state index in [0.717, 1.165) is 0 Å². The van der Waals surface area contributed by atoms with Crippen molar-refractivity contribution in [3.05, 3.63) is 0 Å². The molecule has 0 bridgehead atoms. The fraction of sp³-hybridized carbons (Fsp3) is 1.00. The number of rotatable bonds is 0. The van der Waals surface area contributed by atoms with Crippen LogP contribution in [0.2, 0.25) is 0 Å². The van der Waals surface area contributed by atoms with Crippen molar-refractivity contribution in [2.75, 3.05) is 0 Å². The van der Waals surface area contributed by atoms with Crippen LogP contribution in [-0.4, -0.2) is 0 Å². The first-order valence-electron chi connectivity index (χ1n) is 6.14. The van der Waals surface area contributed by atoms with Gasteiger partial charge >= 0.3 is 0 Å². The molecule has 1 fully saturated rings. The summed E-state index contributed by atoms with van der Waals surface area (Å²) in [4.78, 5) is 0. The van der Waals surface area contributed by atoms with E-state index in [0.29, 0.717) is 0 Å². The Morgan fingerprint density at radius 1 is 0.286 bits per heavy atom. The summed E-state index contributed by atoms with van der Waals surface area (Å²) in [6, 6.07) is 0. The molecule has 0 heterocycles. The van der Waals surface area contributed by atoms with Gasteiger partial charge in [0.1, 0.15) is 0 Å². The summed E-state index contributed by atoms with van der Waals surface area (Å²) in [7, 11) is 0. The van der Waals surface area contributed by atoms with Gasteiger partial charge in [-0.2, -0.15) is 0 Å². The minimum Gasteiger partial charge on any atom is -0.0533 e. The van der Waals surface area contributed by atoms with Crippen molar-refractivity contribution < 1.29 is 0 Å². The molecule has 86 valence electrons. The molecule has 0 aromatic rings. The molecule has 0 aromatic heterocycles. The van der Waals surface area contributed by atoms with Crippen molar-refractivity contribution in [2.45, 2.75) is 77.0 Å². The quantitative estimate of drug-likeness (QED) is 0.484. The molecule has 0 nitrogen and oxygen atoms in total. The van der Waals surface area contributed by atoms with Crippen LogP contribution in [0.4, 0.5) is 0 Å². The Labute approximate surface area is 105 Å². The van der Waals surface area contributed by atoms with Gasteiger partial charge in [0, 0.05) is 28.3 Å². The largest absolute Gasteiger partial charge is 0.0533 e. The van der Waals surface area contributed by atoms with Crippen LogP contribution in [0.1, 0.15) is 77.0 Å². The number of halogens is 2. The molecule has 1 saturated carbocycles.